The van der Waals surface area contributed by atoms with Gasteiger partial charge in [0.15, 0.2) is 5.82 Å². The smallest absolute Gasteiger partial charge is 0.160 e. The number of hydrogen-bond acceptors (Lipinski definition) is 4. The highest BCUT2D eigenvalue weighted by molar-refractivity contribution is 6.11. The van der Waals surface area contributed by atoms with Crippen LogP contribution in [0.25, 0.3) is 100 Å². The standard InChI is InChI=1S/C46H28N2O2/c1-3-10-29(11-4-1)30-18-20-32(21-19-30)46-47-40(31-12-5-2-6-13-31)28-41(48-46)37-16-9-15-36-39-27-34(23-25-44(39)50-45(36)37)33-22-24-43-38(26-33)35-14-7-8-17-42(35)49-43/h1-28H. The Morgan fingerprint density at radius 3 is 1.62 bits per heavy atom. The highest BCUT2D eigenvalue weighted by Crippen LogP contribution is 2.39. The van der Waals surface area contributed by atoms with Crippen LogP contribution in [0, 0.1) is 0 Å². The van der Waals surface area contributed by atoms with E-state index in [1.807, 2.05) is 36.4 Å². The third kappa shape index (κ3) is 4.77. The zero-order valence-corrected chi connectivity index (χ0v) is 26.9. The van der Waals surface area contributed by atoms with Gasteiger partial charge in [-0.2, -0.15) is 0 Å². The molecule has 10 aromatic rings. The molecule has 0 N–H and O–H groups in total. The zero-order valence-electron chi connectivity index (χ0n) is 26.9. The molecule has 0 spiro atoms. The minimum atomic E-state index is 0.665. The van der Waals surface area contributed by atoms with Crippen molar-refractivity contribution in [3.05, 3.63) is 170 Å². The minimum absolute atomic E-state index is 0.665. The maximum absolute atomic E-state index is 6.62. The van der Waals surface area contributed by atoms with Crippen LogP contribution in [0.1, 0.15) is 0 Å². The van der Waals surface area contributed by atoms with E-state index >= 15 is 0 Å². The first-order valence-electron chi connectivity index (χ1n) is 16.7. The number of aromatic nitrogens is 2. The molecule has 0 aliphatic heterocycles. The summed E-state index contributed by atoms with van der Waals surface area (Å²) in [6.45, 7) is 0. The van der Waals surface area contributed by atoms with Gasteiger partial charge in [-0.1, -0.05) is 127 Å². The van der Waals surface area contributed by atoms with E-state index in [-0.39, 0.29) is 0 Å². The molecule has 0 fully saturated rings. The average molecular weight is 641 g/mol. The van der Waals surface area contributed by atoms with Crippen molar-refractivity contribution in [1.29, 1.82) is 0 Å². The van der Waals surface area contributed by atoms with Crippen LogP contribution in [0.15, 0.2) is 179 Å². The molecule has 4 nitrogen and oxygen atoms in total. The lowest BCUT2D eigenvalue weighted by molar-refractivity contribution is 0.668. The Hall–Kier alpha value is -6.78. The summed E-state index contributed by atoms with van der Waals surface area (Å²) >= 11 is 0. The van der Waals surface area contributed by atoms with Crippen molar-refractivity contribution in [2.24, 2.45) is 0 Å². The summed E-state index contributed by atoms with van der Waals surface area (Å²) in [7, 11) is 0. The molecular weight excluding hydrogens is 613 g/mol. The van der Waals surface area contributed by atoms with Crippen molar-refractivity contribution in [3.8, 4) is 56.2 Å². The van der Waals surface area contributed by atoms with Gasteiger partial charge in [0.1, 0.15) is 22.3 Å². The molecule has 3 heterocycles. The van der Waals surface area contributed by atoms with E-state index in [0.717, 1.165) is 88.6 Å². The molecule has 0 unspecified atom stereocenters. The van der Waals surface area contributed by atoms with Crippen molar-refractivity contribution in [1.82, 2.24) is 9.97 Å². The molecule has 50 heavy (non-hydrogen) atoms. The van der Waals surface area contributed by atoms with E-state index < -0.39 is 0 Å². The summed E-state index contributed by atoms with van der Waals surface area (Å²) in [5.41, 5.74) is 12.6. The van der Waals surface area contributed by atoms with Gasteiger partial charge in [-0.25, -0.2) is 9.97 Å². The maximum atomic E-state index is 6.62. The second kappa shape index (κ2) is 11.4. The average Bonchev–Trinajstić information content (AvgIpc) is 3.76. The predicted octanol–water partition coefficient (Wildman–Crippen LogP) is 12.6. The molecule has 0 aliphatic rings. The molecule has 0 radical (unpaired) electrons. The van der Waals surface area contributed by atoms with Gasteiger partial charge in [0.2, 0.25) is 0 Å². The van der Waals surface area contributed by atoms with Crippen LogP contribution in [-0.4, -0.2) is 9.97 Å². The van der Waals surface area contributed by atoms with Crippen molar-refractivity contribution in [2.75, 3.05) is 0 Å². The lowest BCUT2D eigenvalue weighted by Gasteiger charge is -2.10. The van der Waals surface area contributed by atoms with E-state index in [0.29, 0.717) is 5.82 Å². The summed E-state index contributed by atoms with van der Waals surface area (Å²) in [5, 5.41) is 4.34. The second-order valence-corrected chi connectivity index (χ2v) is 12.6. The Bertz CT molecular complexity index is 2850. The summed E-state index contributed by atoms with van der Waals surface area (Å²) < 4.78 is 12.7. The number of nitrogens with zero attached hydrogens (tertiary/aromatic N) is 2. The summed E-state index contributed by atoms with van der Waals surface area (Å²) in [6, 6.07) is 58.5. The Balaban J connectivity index is 1.10. The van der Waals surface area contributed by atoms with Crippen molar-refractivity contribution in [2.45, 2.75) is 0 Å². The lowest BCUT2D eigenvalue weighted by atomic mass is 9.99. The highest BCUT2D eigenvalue weighted by atomic mass is 16.3. The molecule has 0 saturated carbocycles. The predicted molar refractivity (Wildman–Crippen MR) is 204 cm³/mol. The van der Waals surface area contributed by atoms with Crippen LogP contribution in [0.2, 0.25) is 0 Å². The molecular formula is C46H28N2O2. The molecule has 0 aliphatic carbocycles. The number of benzene rings is 7. The molecule has 0 amide bonds. The number of fused-ring (bicyclic) bond motifs is 6. The van der Waals surface area contributed by atoms with Crippen LogP contribution >= 0.6 is 0 Å². The zero-order chi connectivity index (χ0) is 33.0. The quantitative estimate of drug-likeness (QED) is 0.188. The first-order chi connectivity index (χ1) is 24.7. The van der Waals surface area contributed by atoms with Gasteiger partial charge in [-0.3, -0.25) is 0 Å². The molecule has 3 aromatic heterocycles. The van der Waals surface area contributed by atoms with Gasteiger partial charge in [0, 0.05) is 38.2 Å². The number of furan rings is 2. The summed E-state index contributed by atoms with van der Waals surface area (Å²) in [4.78, 5) is 10.2. The highest BCUT2D eigenvalue weighted by Gasteiger charge is 2.17. The van der Waals surface area contributed by atoms with Crippen molar-refractivity contribution < 1.29 is 8.83 Å². The SMILES string of the molecule is c1ccc(-c2ccc(-c3nc(-c4ccccc4)cc(-c4cccc5c4oc4ccc(-c6ccc7oc8ccccc8c7c6)cc45)n3)cc2)cc1. The molecule has 0 saturated heterocycles. The summed E-state index contributed by atoms with van der Waals surface area (Å²) in [5.74, 6) is 0.665. The summed E-state index contributed by atoms with van der Waals surface area (Å²) in [6.07, 6.45) is 0. The van der Waals surface area contributed by atoms with Gasteiger partial charge in [-0.05, 0) is 64.7 Å². The molecule has 10 rings (SSSR count). The Morgan fingerprint density at radius 2 is 0.860 bits per heavy atom. The van der Waals surface area contributed by atoms with Gasteiger partial charge >= 0.3 is 0 Å². The molecule has 0 atom stereocenters. The fourth-order valence-corrected chi connectivity index (χ4v) is 7.00. The Kier molecular flexibility index (Phi) is 6.46. The number of rotatable bonds is 5. The third-order valence-electron chi connectivity index (χ3n) is 9.53. The molecule has 7 aromatic carbocycles. The van der Waals surface area contributed by atoms with Gasteiger partial charge in [0.25, 0.3) is 0 Å². The van der Waals surface area contributed by atoms with Gasteiger partial charge in [-0.15, -0.1) is 0 Å². The van der Waals surface area contributed by atoms with E-state index in [9.17, 15) is 0 Å². The van der Waals surface area contributed by atoms with Crippen LogP contribution in [0.5, 0.6) is 0 Å². The lowest BCUT2D eigenvalue weighted by Crippen LogP contribution is -1.96. The largest absolute Gasteiger partial charge is 0.456 e. The first kappa shape index (κ1) is 28.3. The Morgan fingerprint density at radius 1 is 0.320 bits per heavy atom. The van der Waals surface area contributed by atoms with Crippen LogP contribution in [0.4, 0.5) is 0 Å². The van der Waals surface area contributed by atoms with Crippen LogP contribution < -0.4 is 0 Å². The van der Waals surface area contributed by atoms with Crippen LogP contribution in [0.3, 0.4) is 0 Å². The first-order valence-corrected chi connectivity index (χ1v) is 16.7. The fourth-order valence-electron chi connectivity index (χ4n) is 7.00. The van der Waals surface area contributed by atoms with Crippen molar-refractivity contribution >= 4 is 43.9 Å². The van der Waals surface area contributed by atoms with Gasteiger partial charge in [0.05, 0.1) is 11.4 Å². The Labute approximate surface area is 287 Å². The number of para-hydroxylation sites is 2. The third-order valence-corrected chi connectivity index (χ3v) is 9.53. The minimum Gasteiger partial charge on any atom is -0.456 e. The normalized spacial score (nSPS) is 11.6. The second-order valence-electron chi connectivity index (χ2n) is 12.6. The molecule has 234 valence electrons. The number of hydrogen-bond donors (Lipinski definition) is 0. The van der Waals surface area contributed by atoms with E-state index in [2.05, 4.69) is 133 Å². The maximum Gasteiger partial charge on any atom is 0.160 e. The molecule has 4 heteroatoms. The fraction of sp³-hybridized carbons (Fsp3) is 0. The van der Waals surface area contributed by atoms with Crippen LogP contribution in [-0.2, 0) is 0 Å². The topological polar surface area (TPSA) is 52.1 Å². The van der Waals surface area contributed by atoms with E-state index in [4.69, 9.17) is 18.8 Å². The monoisotopic (exact) mass is 640 g/mol. The van der Waals surface area contributed by atoms with E-state index in [1.165, 1.54) is 5.56 Å². The van der Waals surface area contributed by atoms with Gasteiger partial charge < -0.3 is 8.83 Å². The molecule has 0 bridgehead atoms. The van der Waals surface area contributed by atoms with Crippen molar-refractivity contribution in [3.63, 3.8) is 0 Å². The van der Waals surface area contributed by atoms with E-state index in [1.54, 1.807) is 0 Å².